The third kappa shape index (κ3) is 8.45. The molecule has 10 nitrogen and oxygen atoms in total. The topological polar surface area (TPSA) is 141 Å². The molecule has 0 bridgehead atoms. The number of para-hydroxylation sites is 1. The summed E-state index contributed by atoms with van der Waals surface area (Å²) >= 11 is 0. The van der Waals surface area contributed by atoms with E-state index in [9.17, 15) is 19.2 Å². The van der Waals surface area contributed by atoms with E-state index < -0.39 is 29.8 Å². The number of nitrogens with two attached hydrogens (primary N) is 1. The number of carbonyl (C=O) groups excluding carboxylic acids is 4. The minimum absolute atomic E-state index is 0.0221. The number of nitrogens with one attached hydrogen (secondary N) is 2. The van der Waals surface area contributed by atoms with Gasteiger partial charge in [0.2, 0.25) is 23.6 Å². The molecular formula is C34H46N6O4. The van der Waals surface area contributed by atoms with Gasteiger partial charge in [0.25, 0.3) is 0 Å². The van der Waals surface area contributed by atoms with E-state index in [0.29, 0.717) is 31.1 Å². The van der Waals surface area contributed by atoms with Gasteiger partial charge in [-0.1, -0.05) is 45.0 Å². The molecule has 3 aromatic rings. The number of H-pyrrole nitrogens is 1. The van der Waals surface area contributed by atoms with Crippen molar-refractivity contribution in [2.24, 2.45) is 23.5 Å². The summed E-state index contributed by atoms with van der Waals surface area (Å²) in [7, 11) is 1.61. The van der Waals surface area contributed by atoms with Crippen LogP contribution in [0, 0.1) is 17.8 Å². The Hall–Kier alpha value is -4.21. The lowest BCUT2D eigenvalue weighted by Gasteiger charge is -2.34. The molecule has 1 aliphatic heterocycles. The third-order valence-electron chi connectivity index (χ3n) is 8.67. The first-order valence-electron chi connectivity index (χ1n) is 15.6. The fraction of sp³-hybridized carbons (Fsp3) is 0.500. The zero-order chi connectivity index (χ0) is 31.8. The molecule has 44 heavy (non-hydrogen) atoms. The minimum atomic E-state index is -1.01. The van der Waals surface area contributed by atoms with Crippen LogP contribution in [-0.2, 0) is 32.0 Å². The zero-order valence-corrected chi connectivity index (χ0v) is 26.3. The maximum absolute atomic E-state index is 14.2. The quantitative estimate of drug-likeness (QED) is 0.275. The minimum Gasteiger partial charge on any atom is -0.368 e. The van der Waals surface area contributed by atoms with Crippen molar-refractivity contribution in [3.8, 4) is 0 Å². The van der Waals surface area contributed by atoms with Gasteiger partial charge in [0, 0.05) is 74.3 Å². The lowest BCUT2D eigenvalue weighted by atomic mass is 9.90. The number of nitrogens with zero attached hydrogens (tertiary/aromatic N) is 3. The number of aromatic nitrogens is 2. The summed E-state index contributed by atoms with van der Waals surface area (Å²) in [6.07, 6.45) is 6.32. The Balaban J connectivity index is 1.59. The molecule has 4 amide bonds. The van der Waals surface area contributed by atoms with Gasteiger partial charge >= 0.3 is 0 Å². The summed E-state index contributed by atoms with van der Waals surface area (Å²) in [4.78, 5) is 64.7. The Morgan fingerprint density at radius 3 is 2.43 bits per heavy atom. The molecule has 1 aromatic carbocycles. The fourth-order valence-corrected chi connectivity index (χ4v) is 6.01. The summed E-state index contributed by atoms with van der Waals surface area (Å²) in [5, 5.41) is 3.75. The van der Waals surface area contributed by atoms with E-state index in [0.717, 1.165) is 29.3 Å². The average Bonchev–Trinajstić information content (AvgIpc) is 3.41. The lowest BCUT2D eigenvalue weighted by molar-refractivity contribution is -0.146. The maximum Gasteiger partial charge on any atom is 0.243 e. The molecular weight excluding hydrogens is 556 g/mol. The van der Waals surface area contributed by atoms with Crippen LogP contribution in [0.3, 0.4) is 0 Å². The monoisotopic (exact) mass is 602 g/mol. The van der Waals surface area contributed by atoms with Gasteiger partial charge in [-0.3, -0.25) is 24.2 Å². The number of pyridine rings is 1. The number of hydrogen-bond donors (Lipinski definition) is 3. The van der Waals surface area contributed by atoms with Gasteiger partial charge < -0.3 is 25.8 Å². The van der Waals surface area contributed by atoms with E-state index in [-0.39, 0.29) is 37.0 Å². The van der Waals surface area contributed by atoms with E-state index in [4.69, 9.17) is 5.73 Å². The Labute approximate surface area is 259 Å². The molecule has 0 radical (unpaired) electrons. The molecule has 10 heteroatoms. The molecule has 2 aromatic heterocycles. The number of fused-ring (bicyclic) bond motifs is 1. The number of aromatic amines is 1. The van der Waals surface area contributed by atoms with E-state index >= 15 is 0 Å². The summed E-state index contributed by atoms with van der Waals surface area (Å²) in [5.74, 6) is -1.29. The van der Waals surface area contributed by atoms with Crippen molar-refractivity contribution in [3.63, 3.8) is 0 Å². The number of likely N-dealkylation sites (N-methyl/N-ethyl adjacent to an activating group) is 1. The second kappa shape index (κ2) is 15.0. The highest BCUT2D eigenvalue weighted by Crippen LogP contribution is 2.25. The Morgan fingerprint density at radius 1 is 1.07 bits per heavy atom. The van der Waals surface area contributed by atoms with E-state index in [2.05, 4.69) is 22.2 Å². The van der Waals surface area contributed by atoms with Crippen LogP contribution < -0.4 is 11.1 Å². The number of carbonyl (C=O) groups is 4. The summed E-state index contributed by atoms with van der Waals surface area (Å²) in [6, 6.07) is 11.1. The molecule has 1 aliphatic rings. The van der Waals surface area contributed by atoms with Crippen molar-refractivity contribution in [2.75, 3.05) is 20.1 Å². The molecule has 3 heterocycles. The standard InChI is InChI=1S/C34H46N6O4/c1-22(2)17-24(19-31(41)40-15-12-23(3)13-16-40)34(44)39(4)30(18-25-21-37-28-11-6-5-10-27(25)28)33(43)38-29(32(35)42)20-26-9-7-8-14-36-26/h5-11,14,21-24,29-30,37H,12-13,15-20H2,1-4H3,(H2,35,42)(H,38,43). The highest BCUT2D eigenvalue weighted by Gasteiger charge is 2.36. The first-order valence-corrected chi connectivity index (χ1v) is 15.6. The van der Waals surface area contributed by atoms with Crippen molar-refractivity contribution in [1.82, 2.24) is 25.1 Å². The largest absolute Gasteiger partial charge is 0.368 e. The van der Waals surface area contributed by atoms with Crippen LogP contribution in [0.4, 0.5) is 0 Å². The molecule has 3 atom stereocenters. The van der Waals surface area contributed by atoms with E-state index in [1.807, 2.05) is 49.2 Å². The first-order chi connectivity index (χ1) is 21.0. The van der Waals surface area contributed by atoms with Crippen molar-refractivity contribution in [1.29, 1.82) is 0 Å². The van der Waals surface area contributed by atoms with Crippen molar-refractivity contribution in [2.45, 2.75) is 71.4 Å². The van der Waals surface area contributed by atoms with Crippen LogP contribution in [0.5, 0.6) is 0 Å². The van der Waals surface area contributed by atoms with Crippen LogP contribution >= 0.6 is 0 Å². The SMILES string of the molecule is CC(C)CC(CC(=O)N1CCC(C)CC1)C(=O)N(C)C(Cc1c[nH]c2ccccc12)C(=O)NC(Cc1ccccn1)C(N)=O. The molecule has 4 N–H and O–H groups in total. The smallest absolute Gasteiger partial charge is 0.243 e. The first kappa shape index (κ1) is 32.7. The number of amides is 4. The normalized spacial score (nSPS) is 16.0. The molecule has 1 saturated heterocycles. The predicted molar refractivity (Wildman–Crippen MR) is 170 cm³/mol. The predicted octanol–water partition coefficient (Wildman–Crippen LogP) is 3.46. The second-order valence-electron chi connectivity index (χ2n) is 12.6. The molecule has 4 rings (SSSR count). The number of hydrogen-bond acceptors (Lipinski definition) is 5. The van der Waals surface area contributed by atoms with Gasteiger partial charge in [-0.25, -0.2) is 0 Å². The van der Waals surface area contributed by atoms with Crippen LogP contribution in [-0.4, -0.2) is 75.6 Å². The van der Waals surface area contributed by atoms with Crippen LogP contribution in [0.15, 0.2) is 54.9 Å². The molecule has 236 valence electrons. The molecule has 0 saturated carbocycles. The zero-order valence-electron chi connectivity index (χ0n) is 26.3. The second-order valence-corrected chi connectivity index (χ2v) is 12.6. The van der Waals surface area contributed by atoms with E-state index in [1.165, 1.54) is 4.90 Å². The Morgan fingerprint density at radius 2 is 1.77 bits per heavy atom. The Kier molecular flexibility index (Phi) is 11.1. The summed E-state index contributed by atoms with van der Waals surface area (Å²) in [6.45, 7) is 7.65. The van der Waals surface area contributed by atoms with Crippen molar-refractivity contribution < 1.29 is 19.2 Å². The number of rotatable bonds is 13. The Bertz CT molecular complexity index is 1430. The highest BCUT2D eigenvalue weighted by molar-refractivity contribution is 5.94. The molecule has 0 aliphatic carbocycles. The van der Waals surface area contributed by atoms with Gasteiger partial charge in [0.05, 0.1) is 0 Å². The summed E-state index contributed by atoms with van der Waals surface area (Å²) < 4.78 is 0. The van der Waals surface area contributed by atoms with Gasteiger partial charge in [0.1, 0.15) is 12.1 Å². The number of benzene rings is 1. The highest BCUT2D eigenvalue weighted by atomic mass is 16.2. The maximum atomic E-state index is 14.2. The van der Waals surface area contributed by atoms with Gasteiger partial charge in [-0.15, -0.1) is 0 Å². The number of primary amides is 1. The van der Waals surface area contributed by atoms with Crippen molar-refractivity contribution >= 4 is 34.5 Å². The molecule has 0 spiro atoms. The fourth-order valence-electron chi connectivity index (χ4n) is 6.01. The van der Waals surface area contributed by atoms with Crippen LogP contribution in [0.2, 0.25) is 0 Å². The van der Waals surface area contributed by atoms with Crippen LogP contribution in [0.1, 0.15) is 57.7 Å². The van der Waals surface area contributed by atoms with Gasteiger partial charge in [-0.05, 0) is 54.9 Å². The number of piperidine rings is 1. The van der Waals surface area contributed by atoms with Crippen molar-refractivity contribution in [3.05, 3.63) is 66.1 Å². The number of likely N-dealkylation sites (tertiary alicyclic amines) is 1. The van der Waals surface area contributed by atoms with Crippen LogP contribution in [0.25, 0.3) is 10.9 Å². The third-order valence-corrected chi connectivity index (χ3v) is 8.67. The molecule has 1 fully saturated rings. The van der Waals surface area contributed by atoms with Gasteiger partial charge in [-0.2, -0.15) is 0 Å². The van der Waals surface area contributed by atoms with E-state index in [1.54, 1.807) is 31.4 Å². The molecule has 3 unspecified atom stereocenters. The lowest BCUT2D eigenvalue weighted by Crippen LogP contribution is -2.55. The average molecular weight is 603 g/mol. The van der Waals surface area contributed by atoms with Gasteiger partial charge in [0.15, 0.2) is 0 Å². The summed E-state index contributed by atoms with van der Waals surface area (Å²) in [5.41, 5.74) is 8.09.